The van der Waals surface area contributed by atoms with Crippen LogP contribution in [0.15, 0.2) is 60.0 Å². The van der Waals surface area contributed by atoms with Crippen molar-refractivity contribution in [2.24, 2.45) is 0 Å². The molecule has 1 aromatic heterocycles. The van der Waals surface area contributed by atoms with Gasteiger partial charge in [0.05, 0.1) is 12.1 Å². The van der Waals surface area contributed by atoms with Crippen LogP contribution in [-0.4, -0.2) is 65.3 Å². The molecular formula is C33H41N3O2S. The maximum absolute atomic E-state index is 13.9. The van der Waals surface area contributed by atoms with Crippen LogP contribution in [0.2, 0.25) is 0 Å². The minimum absolute atomic E-state index is 0.0695. The highest BCUT2D eigenvalue weighted by molar-refractivity contribution is 7.10. The molecule has 3 aromatic rings. The van der Waals surface area contributed by atoms with E-state index in [0.717, 1.165) is 31.4 Å². The Labute approximate surface area is 237 Å². The SMILES string of the molecule is CCCCc1ccc(C(=O)N2CCCN(C(=O)C(C)N3CCc4sccc4C3c3ccccc3C)CC2)cc1. The third-order valence-electron chi connectivity index (χ3n) is 8.46. The molecule has 3 heterocycles. The van der Waals surface area contributed by atoms with Crippen LogP contribution in [-0.2, 0) is 17.6 Å². The van der Waals surface area contributed by atoms with Gasteiger partial charge in [0.25, 0.3) is 5.91 Å². The zero-order chi connectivity index (χ0) is 27.4. The molecule has 2 unspecified atom stereocenters. The lowest BCUT2D eigenvalue weighted by molar-refractivity contribution is -0.137. The van der Waals surface area contributed by atoms with E-state index in [1.165, 1.54) is 40.0 Å². The van der Waals surface area contributed by atoms with Crippen molar-refractivity contribution in [3.63, 3.8) is 0 Å². The minimum atomic E-state index is -0.236. The smallest absolute Gasteiger partial charge is 0.253 e. The van der Waals surface area contributed by atoms with E-state index in [9.17, 15) is 9.59 Å². The van der Waals surface area contributed by atoms with Gasteiger partial charge in [-0.3, -0.25) is 14.5 Å². The minimum Gasteiger partial charge on any atom is -0.340 e. The first-order valence-corrected chi connectivity index (χ1v) is 15.4. The normalized spacial score (nSPS) is 18.9. The maximum Gasteiger partial charge on any atom is 0.253 e. The molecule has 5 nitrogen and oxygen atoms in total. The zero-order valence-corrected chi connectivity index (χ0v) is 24.4. The van der Waals surface area contributed by atoms with Crippen molar-refractivity contribution in [3.05, 3.63) is 92.7 Å². The third kappa shape index (κ3) is 5.97. The van der Waals surface area contributed by atoms with E-state index >= 15 is 0 Å². The fourth-order valence-electron chi connectivity index (χ4n) is 6.12. The second-order valence-corrected chi connectivity index (χ2v) is 12.0. The van der Waals surface area contributed by atoms with E-state index in [2.05, 4.69) is 73.5 Å². The Balaban J connectivity index is 1.27. The number of hydrogen-bond donors (Lipinski definition) is 0. The number of thiophene rings is 1. The van der Waals surface area contributed by atoms with Gasteiger partial charge < -0.3 is 9.80 Å². The van der Waals surface area contributed by atoms with Crippen LogP contribution in [0.3, 0.4) is 0 Å². The quantitative estimate of drug-likeness (QED) is 0.361. The molecule has 2 aromatic carbocycles. The standard InChI is InChI=1S/C33H41N3O2S/c1-4-5-10-26-12-14-27(15-13-26)33(38)35-19-8-18-34(21-22-35)32(37)25(3)36-20-16-30-29(17-23-39-30)31(36)28-11-7-6-9-24(28)2/h6-7,9,11-15,17,23,25,31H,4-5,8,10,16,18-22H2,1-3H3. The molecule has 2 atom stereocenters. The van der Waals surface area contributed by atoms with Gasteiger partial charge in [-0.1, -0.05) is 49.7 Å². The Morgan fingerprint density at radius 3 is 2.44 bits per heavy atom. The first-order valence-electron chi connectivity index (χ1n) is 14.5. The zero-order valence-electron chi connectivity index (χ0n) is 23.6. The number of benzene rings is 2. The van der Waals surface area contributed by atoms with Crippen molar-refractivity contribution in [3.8, 4) is 0 Å². The number of fused-ring (bicyclic) bond motifs is 1. The van der Waals surface area contributed by atoms with E-state index in [1.54, 1.807) is 0 Å². The maximum atomic E-state index is 13.9. The van der Waals surface area contributed by atoms with Crippen molar-refractivity contribution in [2.75, 3.05) is 32.7 Å². The third-order valence-corrected chi connectivity index (χ3v) is 9.45. The van der Waals surface area contributed by atoms with Gasteiger partial charge in [-0.2, -0.15) is 0 Å². The van der Waals surface area contributed by atoms with Gasteiger partial charge >= 0.3 is 0 Å². The van der Waals surface area contributed by atoms with Gasteiger partial charge in [-0.25, -0.2) is 0 Å². The second-order valence-electron chi connectivity index (χ2n) is 11.0. The number of aryl methyl sites for hydroxylation is 2. The van der Waals surface area contributed by atoms with Gasteiger partial charge in [-0.05, 0) is 85.4 Å². The molecule has 6 heteroatoms. The number of rotatable bonds is 7. The lowest BCUT2D eigenvalue weighted by Gasteiger charge is -2.41. The number of nitrogens with zero attached hydrogens (tertiary/aromatic N) is 3. The molecule has 5 rings (SSSR count). The molecule has 1 saturated heterocycles. The molecule has 0 aliphatic carbocycles. The largest absolute Gasteiger partial charge is 0.340 e. The summed E-state index contributed by atoms with van der Waals surface area (Å²) in [5, 5.41) is 2.19. The Kier molecular flexibility index (Phi) is 8.83. The predicted octanol–water partition coefficient (Wildman–Crippen LogP) is 6.11. The summed E-state index contributed by atoms with van der Waals surface area (Å²) in [6.07, 6.45) is 5.17. The first-order chi connectivity index (χ1) is 19.0. The van der Waals surface area contributed by atoms with E-state index in [0.29, 0.717) is 26.2 Å². The van der Waals surface area contributed by atoms with Crippen molar-refractivity contribution < 1.29 is 9.59 Å². The Morgan fingerprint density at radius 1 is 0.923 bits per heavy atom. The van der Waals surface area contributed by atoms with Gasteiger partial charge in [0.15, 0.2) is 0 Å². The summed E-state index contributed by atoms with van der Waals surface area (Å²) in [5.74, 6) is 0.238. The predicted molar refractivity (Wildman–Crippen MR) is 159 cm³/mol. The summed E-state index contributed by atoms with van der Waals surface area (Å²) >= 11 is 1.83. The van der Waals surface area contributed by atoms with Crippen molar-refractivity contribution in [1.82, 2.24) is 14.7 Å². The number of unbranched alkanes of at least 4 members (excludes halogenated alkanes) is 1. The van der Waals surface area contributed by atoms with E-state index in [1.807, 2.05) is 33.3 Å². The lowest BCUT2D eigenvalue weighted by atomic mass is 9.89. The monoisotopic (exact) mass is 543 g/mol. The Hall–Kier alpha value is -2.96. The fourth-order valence-corrected chi connectivity index (χ4v) is 7.02. The van der Waals surface area contributed by atoms with Crippen LogP contribution in [0.5, 0.6) is 0 Å². The van der Waals surface area contributed by atoms with E-state index in [4.69, 9.17) is 0 Å². The molecule has 0 N–H and O–H groups in total. The highest BCUT2D eigenvalue weighted by Gasteiger charge is 2.37. The van der Waals surface area contributed by atoms with Crippen LogP contribution in [0, 0.1) is 6.92 Å². The molecule has 1 fully saturated rings. The topological polar surface area (TPSA) is 43.9 Å². The highest BCUT2D eigenvalue weighted by Crippen LogP contribution is 2.40. The number of hydrogen-bond acceptors (Lipinski definition) is 4. The van der Waals surface area contributed by atoms with Gasteiger partial charge in [0, 0.05) is 43.2 Å². The summed E-state index contributed by atoms with van der Waals surface area (Å²) in [6, 6.07) is 18.8. The molecule has 39 heavy (non-hydrogen) atoms. The summed E-state index contributed by atoms with van der Waals surface area (Å²) in [7, 11) is 0. The van der Waals surface area contributed by atoms with Gasteiger partial charge in [0.1, 0.15) is 0 Å². The second kappa shape index (κ2) is 12.5. The molecule has 2 amide bonds. The van der Waals surface area contributed by atoms with Crippen LogP contribution < -0.4 is 0 Å². The Bertz CT molecular complexity index is 1280. The van der Waals surface area contributed by atoms with E-state index in [-0.39, 0.29) is 23.9 Å². The fraction of sp³-hybridized carbons (Fsp3) is 0.455. The molecular weight excluding hydrogens is 502 g/mol. The summed E-state index contributed by atoms with van der Waals surface area (Å²) < 4.78 is 0. The average molecular weight is 544 g/mol. The molecule has 2 aliphatic rings. The van der Waals surface area contributed by atoms with E-state index < -0.39 is 0 Å². The summed E-state index contributed by atoms with van der Waals surface area (Å²) in [6.45, 7) is 9.82. The van der Waals surface area contributed by atoms with Crippen LogP contribution in [0.1, 0.15) is 76.6 Å². The van der Waals surface area contributed by atoms with Crippen molar-refractivity contribution in [1.29, 1.82) is 0 Å². The molecule has 0 radical (unpaired) electrons. The summed E-state index contributed by atoms with van der Waals surface area (Å²) in [4.78, 5) is 34.9. The number of carbonyl (C=O) groups excluding carboxylic acids is 2. The lowest BCUT2D eigenvalue weighted by Crippen LogP contribution is -2.51. The van der Waals surface area contributed by atoms with Gasteiger partial charge in [-0.15, -0.1) is 11.3 Å². The Morgan fingerprint density at radius 2 is 1.67 bits per heavy atom. The first kappa shape index (κ1) is 27.6. The van der Waals surface area contributed by atoms with Crippen LogP contribution in [0.4, 0.5) is 0 Å². The summed E-state index contributed by atoms with van der Waals surface area (Å²) in [5.41, 5.74) is 5.91. The van der Waals surface area contributed by atoms with Crippen LogP contribution >= 0.6 is 11.3 Å². The van der Waals surface area contributed by atoms with Crippen molar-refractivity contribution >= 4 is 23.2 Å². The number of carbonyl (C=O) groups is 2. The highest BCUT2D eigenvalue weighted by atomic mass is 32.1. The molecule has 206 valence electrons. The number of amides is 2. The molecule has 2 aliphatic heterocycles. The molecule has 0 bridgehead atoms. The van der Waals surface area contributed by atoms with Crippen LogP contribution in [0.25, 0.3) is 0 Å². The molecule has 0 spiro atoms. The van der Waals surface area contributed by atoms with Crippen molar-refractivity contribution in [2.45, 2.75) is 65.0 Å². The molecule has 0 saturated carbocycles. The average Bonchev–Trinajstić information content (AvgIpc) is 3.31. The van der Waals surface area contributed by atoms with Gasteiger partial charge in [0.2, 0.25) is 5.91 Å².